The molecule has 68 heavy (non-hydrogen) atoms. The second kappa shape index (κ2) is 29.2. The predicted molar refractivity (Wildman–Crippen MR) is 327 cm³/mol. The first-order chi connectivity index (χ1) is 32.8. The van der Waals surface area contributed by atoms with E-state index in [0.29, 0.717) is 0 Å². The minimum absolute atomic E-state index is 1.26. The van der Waals surface area contributed by atoms with Gasteiger partial charge in [-0.1, -0.05) is 53.4 Å². The summed E-state index contributed by atoms with van der Waals surface area (Å²) in [5.74, 6) is 0. The molecule has 0 aliphatic heterocycles. The molecule has 0 saturated carbocycles. The SMILES string of the molecule is CCCCCCCCc1cc(-c2c[c]([Sn]([CH3])([CH3])[CH3])sc2-c2cc3sc(-c4s[c]([Sn]([CH3])([CH3])[CH3])cc4-c4cc(CCCCCCCC)c(CCCCCCCC)s4)cc3s2)sc1CCCCCCCC. The van der Waals surface area contributed by atoms with Crippen molar-refractivity contribution in [2.24, 2.45) is 0 Å². The average Bonchev–Trinajstić information content (AvgIpc) is 4.16. The normalized spacial score (nSPS) is 12.4. The van der Waals surface area contributed by atoms with Gasteiger partial charge in [-0.05, 0) is 0 Å². The molecule has 6 aromatic heterocycles. The average molecular weight is 1240 g/mol. The van der Waals surface area contributed by atoms with E-state index in [1.165, 1.54) is 199 Å². The Morgan fingerprint density at radius 1 is 0.309 bits per heavy atom. The fraction of sp³-hybridized carbons (Fsp3) is 0.633. The molecule has 6 heterocycles. The molecule has 0 atom stereocenters. The van der Waals surface area contributed by atoms with Crippen molar-refractivity contribution in [2.75, 3.05) is 0 Å². The van der Waals surface area contributed by atoms with Crippen LogP contribution in [-0.4, -0.2) is 36.8 Å². The van der Waals surface area contributed by atoms with E-state index in [1.54, 1.807) is 57.3 Å². The first kappa shape index (κ1) is 57.3. The van der Waals surface area contributed by atoms with Crippen molar-refractivity contribution in [1.29, 1.82) is 0 Å². The monoisotopic (exact) mass is 1240 g/mol. The van der Waals surface area contributed by atoms with E-state index in [9.17, 15) is 0 Å². The van der Waals surface area contributed by atoms with Crippen LogP contribution in [0.25, 0.3) is 49.8 Å². The summed E-state index contributed by atoms with van der Waals surface area (Å²) in [6, 6.07) is 15.9. The Balaban J connectivity index is 1.31. The minimum Gasteiger partial charge on any atom is -0.0654 e. The van der Waals surface area contributed by atoms with Gasteiger partial charge in [0, 0.05) is 0 Å². The molecule has 0 spiro atoms. The predicted octanol–water partition coefficient (Wildman–Crippen LogP) is 22.6. The van der Waals surface area contributed by atoms with Gasteiger partial charge in [0.2, 0.25) is 0 Å². The molecular formula is C60H92S6Sn2. The van der Waals surface area contributed by atoms with Crippen LogP contribution in [0, 0.1) is 0 Å². The number of aryl methyl sites for hydroxylation is 4. The molecule has 0 nitrogen and oxygen atoms in total. The van der Waals surface area contributed by atoms with Gasteiger partial charge in [-0.3, -0.25) is 0 Å². The van der Waals surface area contributed by atoms with Gasteiger partial charge in [0.15, 0.2) is 0 Å². The van der Waals surface area contributed by atoms with Crippen molar-refractivity contribution in [3.63, 3.8) is 0 Å². The van der Waals surface area contributed by atoms with Gasteiger partial charge in [0.25, 0.3) is 0 Å². The van der Waals surface area contributed by atoms with Crippen LogP contribution >= 0.6 is 68.0 Å². The van der Waals surface area contributed by atoms with Crippen LogP contribution in [0.1, 0.15) is 203 Å². The zero-order chi connectivity index (χ0) is 48.5. The Morgan fingerprint density at radius 3 is 0.941 bits per heavy atom. The van der Waals surface area contributed by atoms with Crippen molar-refractivity contribution >= 4 is 120 Å². The summed E-state index contributed by atoms with van der Waals surface area (Å²) in [6.07, 6.45) is 38.0. The third kappa shape index (κ3) is 17.0. The number of fused-ring (bicyclic) bond motifs is 1. The Kier molecular flexibility index (Phi) is 24.6. The summed E-state index contributed by atoms with van der Waals surface area (Å²) in [4.78, 5) is 28.3. The zero-order valence-electron chi connectivity index (χ0n) is 44.7. The first-order valence-electron chi connectivity index (χ1n) is 27.9. The number of rotatable bonds is 34. The molecule has 0 radical (unpaired) electrons. The molecule has 0 aliphatic carbocycles. The molecule has 6 rings (SSSR count). The third-order valence-electron chi connectivity index (χ3n) is 14.0. The molecule has 0 aliphatic rings. The van der Waals surface area contributed by atoms with E-state index in [0.717, 1.165) is 0 Å². The smallest absolute Gasteiger partial charge is 0.0654 e. The Bertz CT molecular complexity index is 2100. The molecule has 0 bridgehead atoms. The van der Waals surface area contributed by atoms with Crippen molar-refractivity contribution in [2.45, 2.75) is 237 Å². The van der Waals surface area contributed by atoms with Gasteiger partial charge in [-0.15, -0.1) is 0 Å². The van der Waals surface area contributed by atoms with E-state index in [-0.39, 0.29) is 0 Å². The second-order valence-corrected chi connectivity index (χ2v) is 59.7. The number of hydrogen-bond donors (Lipinski definition) is 0. The summed E-state index contributed by atoms with van der Waals surface area (Å²) in [7, 11) is 0. The van der Waals surface area contributed by atoms with Gasteiger partial charge < -0.3 is 0 Å². The van der Waals surface area contributed by atoms with Crippen molar-refractivity contribution in [3.05, 3.63) is 57.3 Å². The van der Waals surface area contributed by atoms with Gasteiger partial charge >= 0.3 is 401 Å². The molecule has 6 aromatic rings. The molecular weight excluding hydrogens is 1150 g/mol. The quantitative estimate of drug-likeness (QED) is 0.0279. The van der Waals surface area contributed by atoms with Crippen molar-refractivity contribution in [1.82, 2.24) is 0 Å². The third-order valence-corrected chi connectivity index (χ3v) is 40.4. The van der Waals surface area contributed by atoms with Crippen LogP contribution in [0.15, 0.2) is 36.4 Å². The van der Waals surface area contributed by atoms with Crippen LogP contribution in [-0.2, 0) is 25.7 Å². The van der Waals surface area contributed by atoms with E-state index >= 15 is 0 Å². The van der Waals surface area contributed by atoms with Crippen molar-refractivity contribution in [3.8, 4) is 40.4 Å². The topological polar surface area (TPSA) is 0 Å². The Labute approximate surface area is 449 Å². The fourth-order valence-electron chi connectivity index (χ4n) is 9.68. The summed E-state index contributed by atoms with van der Waals surface area (Å²) in [5, 5.41) is 0. The van der Waals surface area contributed by atoms with Crippen LogP contribution in [0.2, 0.25) is 29.6 Å². The number of hydrogen-bond acceptors (Lipinski definition) is 6. The summed E-state index contributed by atoms with van der Waals surface area (Å²) < 4.78 is 6.41. The maximum absolute atomic E-state index is 2.69. The zero-order valence-corrected chi connectivity index (χ0v) is 55.3. The van der Waals surface area contributed by atoms with Crippen LogP contribution in [0.4, 0.5) is 0 Å². The van der Waals surface area contributed by atoms with Gasteiger partial charge in [-0.2, -0.15) is 0 Å². The number of thiophene rings is 6. The minimum atomic E-state index is -2.35. The molecule has 0 fully saturated rings. The maximum atomic E-state index is 2.69. The van der Waals surface area contributed by atoms with E-state index < -0.39 is 36.8 Å². The Morgan fingerprint density at radius 2 is 0.618 bits per heavy atom. The first-order valence-corrected chi connectivity index (χ1v) is 52.8. The molecule has 376 valence electrons. The van der Waals surface area contributed by atoms with E-state index in [1.807, 2.05) is 0 Å². The summed E-state index contributed by atoms with van der Waals surface area (Å²) in [6.45, 7) is 9.33. The van der Waals surface area contributed by atoms with E-state index in [4.69, 9.17) is 0 Å². The van der Waals surface area contributed by atoms with Gasteiger partial charge in [0.05, 0.1) is 0 Å². The van der Waals surface area contributed by atoms with Crippen LogP contribution in [0.3, 0.4) is 0 Å². The second-order valence-electron chi connectivity index (χ2n) is 22.3. The molecule has 0 unspecified atom stereocenters. The molecule has 8 heteroatoms. The molecule has 0 aromatic carbocycles. The molecule has 0 amide bonds. The van der Waals surface area contributed by atoms with Crippen molar-refractivity contribution < 1.29 is 0 Å². The summed E-state index contributed by atoms with van der Waals surface area (Å²) in [5.41, 5.74) is 6.43. The Hall–Kier alpha value is 0.0574. The van der Waals surface area contributed by atoms with Crippen LogP contribution in [0.5, 0.6) is 0 Å². The fourth-order valence-corrected chi connectivity index (χ4v) is 27.7. The standard InChI is InChI=1S/C54H74S6.6CH3.2Sn/c1-5-9-13-17-21-25-29-41-37-47(57-45(41)31-27-23-19-15-11-7-3)43-33-35-55-53(43)51-39-49-50(59-51)40-52(60-49)54-44(34-36-56-54)48-38-42(30-26-22-18-14-10-6-2)46(58-48)32-28-24-20-16-12-8-4;;;;;;;;/h33-34,37-40H,5-32H2,1-4H3;6*1H3;;. The van der Waals surface area contributed by atoms with E-state index in [2.05, 4.69) is 162 Å². The van der Waals surface area contributed by atoms with Gasteiger partial charge in [-0.25, -0.2) is 0 Å². The summed E-state index contributed by atoms with van der Waals surface area (Å²) >= 11 is 8.10. The van der Waals surface area contributed by atoms with Gasteiger partial charge in [0.1, 0.15) is 0 Å². The number of unbranched alkanes of at least 4 members (excludes halogenated alkanes) is 20. The van der Waals surface area contributed by atoms with Crippen LogP contribution < -0.4 is 5.79 Å². The molecule has 0 N–H and O–H groups in total. The molecule has 0 saturated heterocycles.